The number of hydrogen-bond acceptors (Lipinski definition) is 3. The van der Waals surface area contributed by atoms with E-state index in [0.29, 0.717) is 11.3 Å². The minimum absolute atomic E-state index is 0.114. The highest BCUT2D eigenvalue weighted by molar-refractivity contribution is 9.10. The summed E-state index contributed by atoms with van der Waals surface area (Å²) in [6, 6.07) is 9.03. The third-order valence-electron chi connectivity index (χ3n) is 2.73. The Morgan fingerprint density at radius 3 is 2.68 bits per heavy atom. The molecule has 0 amide bonds. The van der Waals surface area contributed by atoms with E-state index in [2.05, 4.69) is 26.0 Å². The van der Waals surface area contributed by atoms with Crippen LogP contribution in [0, 0.1) is 0 Å². The molecule has 1 aromatic carbocycles. The Balaban J connectivity index is 2.31. The van der Waals surface area contributed by atoms with Gasteiger partial charge in [0.25, 0.3) is 0 Å². The van der Waals surface area contributed by atoms with Gasteiger partial charge in [-0.15, -0.1) is 0 Å². The average Bonchev–Trinajstić information content (AvgIpc) is 2.78. The molecular formula is C13H8BrN3O2. The van der Waals surface area contributed by atoms with Crippen LogP contribution in [0.15, 0.2) is 47.2 Å². The monoisotopic (exact) mass is 317 g/mol. The number of hydrogen-bond donors (Lipinski definition) is 1. The lowest BCUT2D eigenvalue weighted by Crippen LogP contribution is -1.99. The Morgan fingerprint density at radius 2 is 2.00 bits per heavy atom. The Morgan fingerprint density at radius 1 is 1.26 bits per heavy atom. The number of halogens is 1. The molecular weight excluding hydrogens is 310 g/mol. The minimum atomic E-state index is -1.04. The highest BCUT2D eigenvalue weighted by Gasteiger charge is 2.21. The molecule has 3 rings (SSSR count). The number of nitrogens with zero attached hydrogens (tertiary/aromatic N) is 3. The molecule has 0 bridgehead atoms. The number of aromatic carboxylic acids is 1. The van der Waals surface area contributed by atoms with Crippen molar-refractivity contribution in [1.29, 1.82) is 0 Å². The first kappa shape index (κ1) is 11.9. The van der Waals surface area contributed by atoms with Crippen molar-refractivity contribution in [2.24, 2.45) is 0 Å². The Bertz CT molecular complexity index is 765. The van der Waals surface area contributed by atoms with Crippen LogP contribution >= 0.6 is 15.9 Å². The van der Waals surface area contributed by atoms with Gasteiger partial charge < -0.3 is 5.11 Å². The molecule has 0 aliphatic carbocycles. The van der Waals surface area contributed by atoms with Crippen molar-refractivity contribution in [1.82, 2.24) is 14.6 Å². The van der Waals surface area contributed by atoms with Crippen molar-refractivity contribution >= 4 is 27.5 Å². The summed E-state index contributed by atoms with van der Waals surface area (Å²) >= 11 is 3.35. The molecule has 0 saturated heterocycles. The van der Waals surface area contributed by atoms with Gasteiger partial charge in [-0.05, 0) is 18.2 Å². The third-order valence-corrected chi connectivity index (χ3v) is 3.26. The molecule has 0 spiro atoms. The van der Waals surface area contributed by atoms with Crippen LogP contribution in [-0.2, 0) is 0 Å². The normalized spacial score (nSPS) is 10.8. The third kappa shape index (κ3) is 2.00. The molecule has 94 valence electrons. The number of fused-ring (bicyclic) bond motifs is 1. The van der Waals surface area contributed by atoms with Crippen LogP contribution in [0.2, 0.25) is 0 Å². The maximum absolute atomic E-state index is 11.4. The first-order valence-electron chi connectivity index (χ1n) is 5.49. The quantitative estimate of drug-likeness (QED) is 0.789. The predicted octanol–water partition coefficient (Wildman–Crippen LogP) is 2.86. The zero-order valence-electron chi connectivity index (χ0n) is 9.62. The van der Waals surface area contributed by atoms with E-state index < -0.39 is 5.97 Å². The fourth-order valence-electron chi connectivity index (χ4n) is 1.89. The summed E-state index contributed by atoms with van der Waals surface area (Å²) in [6.07, 6.45) is 3.23. The van der Waals surface area contributed by atoms with Crippen LogP contribution in [0.4, 0.5) is 0 Å². The van der Waals surface area contributed by atoms with Crippen LogP contribution in [0.1, 0.15) is 10.4 Å². The molecule has 1 N–H and O–H groups in total. The lowest BCUT2D eigenvalue weighted by molar-refractivity contribution is 0.0699. The fourth-order valence-corrected chi connectivity index (χ4v) is 2.16. The lowest BCUT2D eigenvalue weighted by Gasteiger charge is -1.98. The second kappa shape index (κ2) is 4.47. The molecule has 19 heavy (non-hydrogen) atoms. The zero-order chi connectivity index (χ0) is 13.4. The summed E-state index contributed by atoms with van der Waals surface area (Å²) in [5, 5.41) is 13.7. The van der Waals surface area contributed by atoms with Crippen molar-refractivity contribution < 1.29 is 9.90 Å². The van der Waals surface area contributed by atoms with Crippen molar-refractivity contribution in [3.63, 3.8) is 0 Å². The molecule has 0 aliphatic rings. The van der Waals surface area contributed by atoms with Crippen LogP contribution in [0.5, 0.6) is 0 Å². The van der Waals surface area contributed by atoms with E-state index in [-0.39, 0.29) is 5.56 Å². The summed E-state index contributed by atoms with van der Waals surface area (Å²) in [5.41, 5.74) is 1.61. The Hall–Kier alpha value is -2.21. The summed E-state index contributed by atoms with van der Waals surface area (Å²) in [4.78, 5) is 15.5. The standard InChI is InChI=1S/C13H8BrN3O2/c14-9-4-2-8(3-5-9)11-10(13(18)19)12-15-6-1-7-17(12)16-11/h1-7H,(H,18,19). The van der Waals surface area contributed by atoms with Crippen LogP contribution in [0.3, 0.4) is 0 Å². The second-order valence-corrected chi connectivity index (χ2v) is 4.84. The summed E-state index contributed by atoms with van der Waals surface area (Å²) < 4.78 is 2.40. The van der Waals surface area contributed by atoms with E-state index in [1.165, 1.54) is 4.52 Å². The first-order valence-corrected chi connectivity index (χ1v) is 6.28. The number of carboxylic acid groups (broad SMARTS) is 1. The number of carbonyl (C=O) groups is 1. The number of benzene rings is 1. The van der Waals surface area contributed by atoms with Gasteiger partial charge in [-0.25, -0.2) is 14.3 Å². The van der Waals surface area contributed by atoms with Crippen molar-refractivity contribution in [3.05, 3.63) is 52.8 Å². The number of rotatable bonds is 2. The summed E-state index contributed by atoms with van der Waals surface area (Å²) in [6.45, 7) is 0. The largest absolute Gasteiger partial charge is 0.477 e. The highest BCUT2D eigenvalue weighted by Crippen LogP contribution is 2.26. The van der Waals surface area contributed by atoms with Gasteiger partial charge in [0.2, 0.25) is 0 Å². The highest BCUT2D eigenvalue weighted by atomic mass is 79.9. The van der Waals surface area contributed by atoms with Gasteiger partial charge >= 0.3 is 5.97 Å². The molecule has 3 aromatic rings. The van der Waals surface area contributed by atoms with Gasteiger partial charge in [0.05, 0.1) is 0 Å². The minimum Gasteiger partial charge on any atom is -0.477 e. The Kier molecular flexibility index (Phi) is 2.79. The topological polar surface area (TPSA) is 67.5 Å². The average molecular weight is 318 g/mol. The number of carboxylic acids is 1. The van der Waals surface area contributed by atoms with Crippen molar-refractivity contribution in [2.75, 3.05) is 0 Å². The van der Waals surface area contributed by atoms with E-state index in [9.17, 15) is 9.90 Å². The molecule has 0 unspecified atom stereocenters. The van der Waals surface area contributed by atoms with Gasteiger partial charge in [0, 0.05) is 22.4 Å². The smallest absolute Gasteiger partial charge is 0.341 e. The van der Waals surface area contributed by atoms with Gasteiger partial charge in [0.15, 0.2) is 5.65 Å². The Labute approximate surface area is 116 Å². The van der Waals surface area contributed by atoms with Gasteiger partial charge in [-0.2, -0.15) is 5.10 Å². The lowest BCUT2D eigenvalue weighted by atomic mass is 10.1. The van der Waals surface area contributed by atoms with Gasteiger partial charge in [-0.1, -0.05) is 28.1 Å². The van der Waals surface area contributed by atoms with E-state index in [4.69, 9.17) is 0 Å². The molecule has 0 atom stereocenters. The van der Waals surface area contributed by atoms with E-state index in [0.717, 1.165) is 10.0 Å². The SMILES string of the molecule is O=C(O)c1c(-c2ccc(Br)cc2)nn2cccnc12. The molecule has 0 fully saturated rings. The predicted molar refractivity (Wildman–Crippen MR) is 73.1 cm³/mol. The fraction of sp³-hybridized carbons (Fsp3) is 0. The molecule has 5 nitrogen and oxygen atoms in total. The second-order valence-electron chi connectivity index (χ2n) is 3.92. The molecule has 6 heteroatoms. The van der Waals surface area contributed by atoms with Crippen LogP contribution < -0.4 is 0 Å². The van der Waals surface area contributed by atoms with E-state index in [1.54, 1.807) is 18.5 Å². The molecule has 0 saturated carbocycles. The van der Waals surface area contributed by atoms with E-state index >= 15 is 0 Å². The summed E-state index contributed by atoms with van der Waals surface area (Å²) in [7, 11) is 0. The first-order chi connectivity index (χ1) is 9.16. The van der Waals surface area contributed by atoms with Crippen molar-refractivity contribution in [2.45, 2.75) is 0 Å². The maximum Gasteiger partial charge on any atom is 0.341 e. The van der Waals surface area contributed by atoms with Crippen molar-refractivity contribution in [3.8, 4) is 11.3 Å². The summed E-state index contributed by atoms with van der Waals surface area (Å²) in [5.74, 6) is -1.04. The van der Waals surface area contributed by atoms with Crippen LogP contribution in [0.25, 0.3) is 16.9 Å². The maximum atomic E-state index is 11.4. The number of aromatic nitrogens is 3. The van der Waals surface area contributed by atoms with Crippen LogP contribution in [-0.4, -0.2) is 25.7 Å². The van der Waals surface area contributed by atoms with Gasteiger partial charge in [0.1, 0.15) is 11.3 Å². The molecule has 2 heterocycles. The molecule has 2 aromatic heterocycles. The molecule has 0 radical (unpaired) electrons. The van der Waals surface area contributed by atoms with Gasteiger partial charge in [-0.3, -0.25) is 0 Å². The molecule has 0 aliphatic heterocycles. The zero-order valence-corrected chi connectivity index (χ0v) is 11.2. The van der Waals surface area contributed by atoms with E-state index in [1.807, 2.05) is 24.3 Å².